The lowest BCUT2D eigenvalue weighted by Crippen LogP contribution is -2.31. The zero-order valence-electron chi connectivity index (χ0n) is 13.1. The Morgan fingerprint density at radius 3 is 2.00 bits per heavy atom. The molecule has 0 unspecified atom stereocenters. The highest BCUT2D eigenvalue weighted by molar-refractivity contribution is 7.80. The number of nitrogens with one attached hydrogen (secondary N) is 1. The molecule has 6 heteroatoms. The lowest BCUT2D eigenvalue weighted by atomic mass is 10.1. The van der Waals surface area contributed by atoms with E-state index >= 15 is 0 Å². The van der Waals surface area contributed by atoms with Crippen LogP contribution in [0.3, 0.4) is 0 Å². The second kappa shape index (κ2) is 6.34. The second-order valence-corrected chi connectivity index (χ2v) is 5.65. The number of nitrogens with two attached hydrogens (primary N) is 1. The molecular weight excluding hydrogens is 310 g/mol. The molecule has 0 aliphatic heterocycles. The van der Waals surface area contributed by atoms with Crippen LogP contribution in [0.5, 0.6) is 11.5 Å². The lowest BCUT2D eigenvalue weighted by molar-refractivity contribution is 0.415. The van der Waals surface area contributed by atoms with Crippen molar-refractivity contribution in [1.29, 1.82) is 0 Å². The van der Waals surface area contributed by atoms with E-state index in [2.05, 4.69) is 22.0 Å². The molecule has 0 aliphatic carbocycles. The molecule has 0 spiro atoms. The monoisotopic (exact) mass is 329 g/mol. The van der Waals surface area contributed by atoms with E-state index in [0.29, 0.717) is 11.7 Å². The average Bonchev–Trinajstić information content (AvgIpc) is 2.87. The zero-order chi connectivity index (χ0) is 16.4. The van der Waals surface area contributed by atoms with E-state index in [1.165, 1.54) is 10.8 Å². The summed E-state index contributed by atoms with van der Waals surface area (Å²) in [4.78, 5) is 0. The molecule has 0 amide bonds. The molecule has 1 aromatic heterocycles. The zero-order valence-corrected chi connectivity index (χ0v) is 13.9. The van der Waals surface area contributed by atoms with Gasteiger partial charge in [0, 0.05) is 36.0 Å². The number of rotatable bonds is 5. The van der Waals surface area contributed by atoms with Gasteiger partial charge in [-0.15, -0.1) is 0 Å². The van der Waals surface area contributed by atoms with Crippen molar-refractivity contribution in [3.63, 3.8) is 0 Å². The van der Waals surface area contributed by atoms with Crippen molar-refractivity contribution in [2.45, 2.75) is 6.54 Å². The smallest absolute Gasteiger partial charge is 0.163 e. The highest BCUT2D eigenvalue weighted by Gasteiger charge is 2.12. The number of methoxy groups -OCH3 is 2. The summed E-state index contributed by atoms with van der Waals surface area (Å²) in [5.41, 5.74) is 7.74. The van der Waals surface area contributed by atoms with Gasteiger partial charge >= 0.3 is 0 Å². The first-order chi connectivity index (χ1) is 11.1. The highest BCUT2D eigenvalue weighted by Crippen LogP contribution is 2.33. The summed E-state index contributed by atoms with van der Waals surface area (Å²) in [5.74, 6) is 1.66. The molecule has 0 atom stereocenters. The Labute approximate surface area is 140 Å². The summed E-state index contributed by atoms with van der Waals surface area (Å²) in [6, 6.07) is 12.2. The van der Waals surface area contributed by atoms with Crippen molar-refractivity contribution in [2.75, 3.05) is 20.8 Å². The molecule has 2 aromatic carbocycles. The number of ether oxygens (including phenoxy) is 2. The number of thiocarbonyl (C=S) groups is 1. The van der Waals surface area contributed by atoms with Crippen molar-refractivity contribution in [1.82, 2.24) is 9.88 Å². The Morgan fingerprint density at radius 2 is 1.57 bits per heavy atom. The minimum absolute atomic E-state index is 0.306. The number of benzene rings is 2. The van der Waals surface area contributed by atoms with Crippen LogP contribution in [0.15, 0.2) is 36.4 Å². The van der Waals surface area contributed by atoms with Crippen LogP contribution in [0.1, 0.15) is 0 Å². The molecule has 5 nitrogen and oxygen atoms in total. The predicted molar refractivity (Wildman–Crippen MR) is 97.3 cm³/mol. The molecule has 23 heavy (non-hydrogen) atoms. The standard InChI is InChI=1S/C17H19N3O2S/c1-21-11-3-5-13-14-6-4-12(22-2)10-16(14)20(15(13)9-11)8-7-19-17(18)23/h3-6,9-10H,7-8H2,1-2H3,(H3,18,19,23). The number of hydrogen-bond donors (Lipinski definition) is 2. The van der Waals surface area contributed by atoms with E-state index in [4.69, 9.17) is 27.4 Å². The summed E-state index contributed by atoms with van der Waals surface area (Å²) in [7, 11) is 3.34. The van der Waals surface area contributed by atoms with E-state index in [0.717, 1.165) is 29.1 Å². The fraction of sp³-hybridized carbons (Fsp3) is 0.235. The summed E-state index contributed by atoms with van der Waals surface area (Å²) in [5, 5.41) is 5.66. The second-order valence-electron chi connectivity index (χ2n) is 5.21. The first-order valence-corrected chi connectivity index (χ1v) is 7.72. The molecule has 0 fully saturated rings. The van der Waals surface area contributed by atoms with Gasteiger partial charge < -0.3 is 25.1 Å². The maximum absolute atomic E-state index is 5.52. The average molecular weight is 329 g/mol. The van der Waals surface area contributed by atoms with Crippen LogP contribution in [-0.2, 0) is 6.54 Å². The van der Waals surface area contributed by atoms with Crippen LogP contribution in [0.4, 0.5) is 0 Å². The fourth-order valence-electron chi connectivity index (χ4n) is 2.84. The van der Waals surface area contributed by atoms with Crippen molar-refractivity contribution in [3.8, 4) is 11.5 Å². The predicted octanol–water partition coefficient (Wildman–Crippen LogP) is 2.64. The number of hydrogen-bond acceptors (Lipinski definition) is 3. The Morgan fingerprint density at radius 1 is 1.04 bits per heavy atom. The van der Waals surface area contributed by atoms with Gasteiger partial charge in [-0.1, -0.05) is 0 Å². The van der Waals surface area contributed by atoms with Gasteiger partial charge in [-0.2, -0.15) is 0 Å². The maximum Gasteiger partial charge on any atom is 0.163 e. The molecule has 0 saturated heterocycles. The lowest BCUT2D eigenvalue weighted by Gasteiger charge is -2.10. The van der Waals surface area contributed by atoms with Gasteiger partial charge in [-0.3, -0.25) is 0 Å². The Hall–Kier alpha value is -2.47. The van der Waals surface area contributed by atoms with Crippen LogP contribution < -0.4 is 20.5 Å². The molecule has 0 aliphatic rings. The maximum atomic E-state index is 5.52. The van der Waals surface area contributed by atoms with Crippen molar-refractivity contribution in [3.05, 3.63) is 36.4 Å². The van der Waals surface area contributed by atoms with E-state index in [1.807, 2.05) is 24.3 Å². The number of nitrogens with zero attached hydrogens (tertiary/aromatic N) is 1. The van der Waals surface area contributed by atoms with Crippen molar-refractivity contribution < 1.29 is 9.47 Å². The molecule has 3 rings (SSSR count). The minimum Gasteiger partial charge on any atom is -0.497 e. The molecular formula is C17H19N3O2S. The minimum atomic E-state index is 0.306. The van der Waals surface area contributed by atoms with Crippen LogP contribution in [0.25, 0.3) is 21.8 Å². The molecule has 3 aromatic rings. The molecule has 0 radical (unpaired) electrons. The normalized spacial score (nSPS) is 10.9. The van der Waals surface area contributed by atoms with Gasteiger partial charge in [-0.25, -0.2) is 0 Å². The van der Waals surface area contributed by atoms with E-state index in [-0.39, 0.29) is 0 Å². The largest absolute Gasteiger partial charge is 0.497 e. The van der Waals surface area contributed by atoms with Gasteiger partial charge in [-0.05, 0) is 36.5 Å². The van der Waals surface area contributed by atoms with Gasteiger partial charge in [0.1, 0.15) is 11.5 Å². The molecule has 1 heterocycles. The van der Waals surface area contributed by atoms with Crippen LogP contribution >= 0.6 is 12.2 Å². The third kappa shape index (κ3) is 2.90. The molecule has 0 bridgehead atoms. The van der Waals surface area contributed by atoms with Gasteiger partial charge in [0.2, 0.25) is 0 Å². The molecule has 120 valence electrons. The SMILES string of the molecule is COc1ccc2c3ccc(OC)cc3n(CCNC(N)=S)c2c1. The molecule has 0 saturated carbocycles. The Bertz CT molecular complexity index is 812. The topological polar surface area (TPSA) is 61.4 Å². The van der Waals surface area contributed by atoms with Crippen LogP contribution in [0, 0.1) is 0 Å². The number of fused-ring (bicyclic) bond motifs is 3. The Kier molecular flexibility index (Phi) is 4.25. The van der Waals surface area contributed by atoms with Crippen molar-refractivity contribution in [2.24, 2.45) is 5.73 Å². The van der Waals surface area contributed by atoms with Gasteiger partial charge in [0.25, 0.3) is 0 Å². The first-order valence-electron chi connectivity index (χ1n) is 7.31. The van der Waals surface area contributed by atoms with Crippen LogP contribution in [-0.4, -0.2) is 30.4 Å². The third-order valence-corrected chi connectivity index (χ3v) is 4.06. The van der Waals surface area contributed by atoms with E-state index in [1.54, 1.807) is 14.2 Å². The first kappa shape index (κ1) is 15.4. The third-order valence-electron chi connectivity index (χ3n) is 3.92. The summed E-state index contributed by atoms with van der Waals surface area (Å²) >= 11 is 4.88. The summed E-state index contributed by atoms with van der Waals surface area (Å²) < 4.78 is 13.0. The van der Waals surface area contributed by atoms with E-state index < -0.39 is 0 Å². The summed E-state index contributed by atoms with van der Waals surface area (Å²) in [6.07, 6.45) is 0. The quantitative estimate of drug-likeness (QED) is 0.705. The summed E-state index contributed by atoms with van der Waals surface area (Å²) in [6.45, 7) is 1.39. The van der Waals surface area contributed by atoms with Crippen molar-refractivity contribution >= 4 is 39.1 Å². The molecule has 3 N–H and O–H groups in total. The van der Waals surface area contributed by atoms with Crippen LogP contribution in [0.2, 0.25) is 0 Å². The van der Waals surface area contributed by atoms with E-state index in [9.17, 15) is 0 Å². The number of aromatic nitrogens is 1. The highest BCUT2D eigenvalue weighted by atomic mass is 32.1. The fourth-order valence-corrected chi connectivity index (χ4v) is 2.94. The Balaban J connectivity index is 2.18. The van der Waals surface area contributed by atoms with Gasteiger partial charge in [0.15, 0.2) is 5.11 Å². The van der Waals surface area contributed by atoms with Gasteiger partial charge in [0.05, 0.1) is 25.3 Å².